The quantitative estimate of drug-likeness (QED) is 0.824. The van der Waals surface area contributed by atoms with Crippen LogP contribution in [-0.2, 0) is 6.42 Å². The number of aromatic amines is 1. The molecule has 2 N–H and O–H groups in total. The van der Waals surface area contributed by atoms with Gasteiger partial charge in [-0.2, -0.15) is 5.10 Å². The Balaban J connectivity index is 1.71. The summed E-state index contributed by atoms with van der Waals surface area (Å²) in [7, 11) is 0. The van der Waals surface area contributed by atoms with Gasteiger partial charge in [0.15, 0.2) is 0 Å². The highest BCUT2D eigenvalue weighted by molar-refractivity contribution is 5.55. The molecule has 2 aromatic rings. The zero-order valence-corrected chi connectivity index (χ0v) is 9.56. The number of H-pyrrole nitrogens is 1. The Bertz CT molecular complexity index is 456. The van der Waals surface area contributed by atoms with Crippen molar-refractivity contribution in [3.05, 3.63) is 30.5 Å². The van der Waals surface area contributed by atoms with E-state index in [2.05, 4.69) is 25.5 Å². The van der Waals surface area contributed by atoms with Crippen molar-refractivity contribution in [1.29, 1.82) is 0 Å². The fourth-order valence-corrected chi connectivity index (χ4v) is 2.18. The van der Waals surface area contributed by atoms with Crippen LogP contribution in [0, 0.1) is 5.92 Å². The topological polar surface area (TPSA) is 66.5 Å². The highest BCUT2D eigenvalue weighted by Gasteiger charge is 2.15. The third kappa shape index (κ3) is 2.34. The maximum absolute atomic E-state index is 4.47. The predicted octanol–water partition coefficient (Wildman–Crippen LogP) is 1.02. The molecule has 3 heterocycles. The molecule has 0 saturated carbocycles. The molecule has 17 heavy (non-hydrogen) atoms. The van der Waals surface area contributed by atoms with E-state index in [1.54, 1.807) is 6.20 Å². The molecule has 0 aliphatic carbocycles. The lowest BCUT2D eigenvalue weighted by Crippen LogP contribution is -2.11. The van der Waals surface area contributed by atoms with E-state index in [0.29, 0.717) is 5.92 Å². The van der Waals surface area contributed by atoms with Crippen LogP contribution >= 0.6 is 0 Å². The summed E-state index contributed by atoms with van der Waals surface area (Å²) in [5.41, 5.74) is 2.92. The number of hydrogen-bond acceptors (Lipinski definition) is 4. The second kappa shape index (κ2) is 4.63. The lowest BCUT2D eigenvalue weighted by atomic mass is 10.0. The number of hydrogen-bond donors (Lipinski definition) is 2. The Labute approximate surface area is 99.7 Å². The molecule has 0 radical (unpaired) electrons. The number of aromatic nitrogens is 4. The minimum atomic E-state index is 0.712. The molecule has 3 rings (SSSR count). The van der Waals surface area contributed by atoms with Gasteiger partial charge in [0.1, 0.15) is 0 Å². The Hall–Kier alpha value is -1.75. The van der Waals surface area contributed by atoms with Crippen LogP contribution in [0.1, 0.15) is 12.1 Å². The maximum Gasteiger partial charge on any atom is 0.0916 e. The van der Waals surface area contributed by atoms with Gasteiger partial charge in [-0.3, -0.25) is 15.1 Å². The number of nitrogens with zero attached hydrogens (tertiary/aromatic N) is 3. The van der Waals surface area contributed by atoms with Crippen LogP contribution in [-0.4, -0.2) is 33.3 Å². The molecule has 5 heteroatoms. The monoisotopic (exact) mass is 229 g/mol. The molecular weight excluding hydrogens is 214 g/mol. The molecule has 1 aliphatic heterocycles. The summed E-state index contributed by atoms with van der Waals surface area (Å²) in [6.45, 7) is 2.23. The van der Waals surface area contributed by atoms with Crippen molar-refractivity contribution in [2.24, 2.45) is 5.92 Å². The van der Waals surface area contributed by atoms with Crippen LogP contribution in [0.2, 0.25) is 0 Å². The van der Waals surface area contributed by atoms with Gasteiger partial charge >= 0.3 is 0 Å². The van der Waals surface area contributed by atoms with Gasteiger partial charge in [0, 0.05) is 18.0 Å². The molecule has 0 spiro atoms. The molecule has 88 valence electrons. The number of nitrogens with one attached hydrogen (secondary N) is 2. The summed E-state index contributed by atoms with van der Waals surface area (Å²) in [6.07, 6.45) is 9.54. The second-order valence-electron chi connectivity index (χ2n) is 4.44. The molecule has 0 amide bonds. The molecule has 0 unspecified atom stereocenters. The van der Waals surface area contributed by atoms with Crippen molar-refractivity contribution in [3.63, 3.8) is 0 Å². The standard InChI is InChI=1S/C12H15N5/c1-2-13-4-9(1)3-11-7-15-12(8-14-11)10-5-16-17-6-10/h5-9,13H,1-4H2,(H,16,17)/t9-/m0/s1. The molecule has 2 aromatic heterocycles. The van der Waals surface area contributed by atoms with E-state index in [1.165, 1.54) is 6.42 Å². The maximum atomic E-state index is 4.47. The summed E-state index contributed by atoms with van der Waals surface area (Å²) in [4.78, 5) is 8.89. The largest absolute Gasteiger partial charge is 0.316 e. The fraction of sp³-hybridized carbons (Fsp3) is 0.417. The van der Waals surface area contributed by atoms with Crippen molar-refractivity contribution in [2.45, 2.75) is 12.8 Å². The summed E-state index contributed by atoms with van der Waals surface area (Å²) in [5, 5.41) is 10.0. The second-order valence-corrected chi connectivity index (χ2v) is 4.44. The van der Waals surface area contributed by atoms with Gasteiger partial charge in [-0.15, -0.1) is 0 Å². The molecule has 1 fully saturated rings. The first kappa shape index (κ1) is 10.4. The van der Waals surface area contributed by atoms with Gasteiger partial charge in [-0.05, 0) is 31.8 Å². The average Bonchev–Trinajstić information content (AvgIpc) is 3.01. The zero-order chi connectivity index (χ0) is 11.5. The predicted molar refractivity (Wildman–Crippen MR) is 64.3 cm³/mol. The van der Waals surface area contributed by atoms with Crippen molar-refractivity contribution >= 4 is 0 Å². The summed E-state index contributed by atoms with van der Waals surface area (Å²) in [6, 6.07) is 0. The van der Waals surface area contributed by atoms with Gasteiger partial charge in [0.05, 0.1) is 23.8 Å². The summed E-state index contributed by atoms with van der Waals surface area (Å²) >= 11 is 0. The lowest BCUT2D eigenvalue weighted by molar-refractivity contribution is 0.570. The third-order valence-corrected chi connectivity index (χ3v) is 3.16. The molecule has 0 bridgehead atoms. The Kier molecular flexibility index (Phi) is 2.83. The summed E-state index contributed by atoms with van der Waals surface area (Å²) < 4.78 is 0. The van der Waals surface area contributed by atoms with Gasteiger partial charge in [0.25, 0.3) is 0 Å². The van der Waals surface area contributed by atoms with E-state index in [4.69, 9.17) is 0 Å². The lowest BCUT2D eigenvalue weighted by Gasteiger charge is -2.06. The van der Waals surface area contributed by atoms with Gasteiger partial charge < -0.3 is 5.32 Å². The SMILES string of the molecule is c1n[nH]cc1-c1cnc(C[C@@H]2CCNC2)cn1. The van der Waals surface area contributed by atoms with Crippen molar-refractivity contribution < 1.29 is 0 Å². The molecular formula is C12H15N5. The molecule has 0 aromatic carbocycles. The van der Waals surface area contributed by atoms with Crippen LogP contribution < -0.4 is 5.32 Å². The minimum Gasteiger partial charge on any atom is -0.316 e. The van der Waals surface area contributed by atoms with E-state index in [9.17, 15) is 0 Å². The Morgan fingerprint density at radius 3 is 2.88 bits per heavy atom. The van der Waals surface area contributed by atoms with Gasteiger partial charge in [-0.1, -0.05) is 0 Å². The molecule has 1 saturated heterocycles. The normalized spacial score (nSPS) is 19.6. The van der Waals surface area contributed by atoms with E-state index in [1.807, 2.05) is 18.6 Å². The highest BCUT2D eigenvalue weighted by Crippen LogP contribution is 2.16. The third-order valence-electron chi connectivity index (χ3n) is 3.16. The molecule has 1 aliphatic rings. The van der Waals surface area contributed by atoms with Crippen molar-refractivity contribution in [2.75, 3.05) is 13.1 Å². The van der Waals surface area contributed by atoms with Crippen LogP contribution in [0.3, 0.4) is 0 Å². The highest BCUT2D eigenvalue weighted by atomic mass is 15.1. The first-order valence-corrected chi connectivity index (χ1v) is 5.92. The van der Waals surface area contributed by atoms with Crippen LogP contribution in [0.5, 0.6) is 0 Å². The average molecular weight is 229 g/mol. The van der Waals surface area contributed by atoms with E-state index in [-0.39, 0.29) is 0 Å². The van der Waals surface area contributed by atoms with E-state index >= 15 is 0 Å². The zero-order valence-electron chi connectivity index (χ0n) is 9.56. The van der Waals surface area contributed by atoms with Crippen molar-refractivity contribution in [1.82, 2.24) is 25.5 Å². The van der Waals surface area contributed by atoms with Crippen LogP contribution in [0.4, 0.5) is 0 Å². The summed E-state index contributed by atoms with van der Waals surface area (Å²) in [5.74, 6) is 0.712. The van der Waals surface area contributed by atoms with Crippen LogP contribution in [0.25, 0.3) is 11.3 Å². The number of rotatable bonds is 3. The minimum absolute atomic E-state index is 0.712. The molecule has 1 atom stereocenters. The van der Waals surface area contributed by atoms with Gasteiger partial charge in [0.2, 0.25) is 0 Å². The van der Waals surface area contributed by atoms with Crippen LogP contribution in [0.15, 0.2) is 24.8 Å². The first-order valence-electron chi connectivity index (χ1n) is 5.92. The Morgan fingerprint density at radius 1 is 1.24 bits per heavy atom. The first-order chi connectivity index (χ1) is 8.42. The van der Waals surface area contributed by atoms with E-state index < -0.39 is 0 Å². The van der Waals surface area contributed by atoms with E-state index in [0.717, 1.165) is 36.5 Å². The molecule has 5 nitrogen and oxygen atoms in total. The van der Waals surface area contributed by atoms with Crippen molar-refractivity contribution in [3.8, 4) is 11.3 Å². The fourth-order valence-electron chi connectivity index (χ4n) is 2.18. The van der Waals surface area contributed by atoms with Gasteiger partial charge in [-0.25, -0.2) is 0 Å². The Morgan fingerprint density at radius 2 is 2.24 bits per heavy atom. The smallest absolute Gasteiger partial charge is 0.0916 e.